The fourth-order valence-corrected chi connectivity index (χ4v) is 1.35. The van der Waals surface area contributed by atoms with Crippen LogP contribution in [0.25, 0.3) is 0 Å². The van der Waals surface area contributed by atoms with Crippen LogP contribution < -0.4 is 5.32 Å². The van der Waals surface area contributed by atoms with E-state index in [0.717, 1.165) is 12.6 Å². The smallest absolute Gasteiger partial charge is 0.0189 e. The van der Waals surface area contributed by atoms with Crippen LogP contribution in [-0.4, -0.2) is 37.1 Å². The van der Waals surface area contributed by atoms with Gasteiger partial charge in [-0.05, 0) is 39.8 Å². The molecule has 0 heterocycles. The lowest BCUT2D eigenvalue weighted by atomic mass is 10.3. The van der Waals surface area contributed by atoms with E-state index >= 15 is 0 Å². The Hall–Kier alpha value is -0.0800. The van der Waals surface area contributed by atoms with E-state index in [1.54, 1.807) is 0 Å². The van der Waals surface area contributed by atoms with Crippen LogP contribution in [-0.2, 0) is 0 Å². The highest BCUT2D eigenvalue weighted by Crippen LogP contribution is 2.18. The average Bonchev–Trinajstić information content (AvgIpc) is 2.83. The Morgan fingerprint density at radius 1 is 1.50 bits per heavy atom. The van der Waals surface area contributed by atoms with Crippen molar-refractivity contribution in [2.24, 2.45) is 0 Å². The zero-order valence-electron chi connectivity index (χ0n) is 8.64. The average molecular weight is 170 g/mol. The maximum Gasteiger partial charge on any atom is 0.0189 e. The van der Waals surface area contributed by atoms with Crippen molar-refractivity contribution in [3.05, 3.63) is 0 Å². The Kier molecular flexibility index (Phi) is 4.02. The fraction of sp³-hybridized carbons (Fsp3) is 1.00. The number of hydrogen-bond acceptors (Lipinski definition) is 2. The molecule has 1 aliphatic rings. The van der Waals surface area contributed by atoms with E-state index < -0.39 is 0 Å². The summed E-state index contributed by atoms with van der Waals surface area (Å²) in [5.41, 5.74) is 0. The second-order valence-corrected chi connectivity index (χ2v) is 4.01. The van der Waals surface area contributed by atoms with Gasteiger partial charge in [-0.2, -0.15) is 0 Å². The number of hydrogen-bond donors (Lipinski definition) is 1. The van der Waals surface area contributed by atoms with Gasteiger partial charge in [0.1, 0.15) is 0 Å². The number of nitrogens with zero attached hydrogens (tertiary/aromatic N) is 1. The third-order valence-corrected chi connectivity index (χ3v) is 2.61. The molecular weight excluding hydrogens is 148 g/mol. The van der Waals surface area contributed by atoms with Gasteiger partial charge in [0, 0.05) is 18.6 Å². The van der Waals surface area contributed by atoms with E-state index in [1.807, 2.05) is 0 Å². The van der Waals surface area contributed by atoms with Gasteiger partial charge in [-0.25, -0.2) is 0 Å². The Morgan fingerprint density at radius 3 is 2.67 bits per heavy atom. The van der Waals surface area contributed by atoms with Gasteiger partial charge in [0.25, 0.3) is 0 Å². The van der Waals surface area contributed by atoms with Crippen molar-refractivity contribution in [1.82, 2.24) is 10.2 Å². The Morgan fingerprint density at radius 2 is 2.17 bits per heavy atom. The predicted molar refractivity (Wildman–Crippen MR) is 53.4 cm³/mol. The maximum atomic E-state index is 3.55. The Balaban J connectivity index is 2.03. The molecule has 1 fully saturated rings. The van der Waals surface area contributed by atoms with Gasteiger partial charge in [-0.1, -0.05) is 6.92 Å². The molecule has 0 aromatic rings. The molecule has 72 valence electrons. The minimum absolute atomic E-state index is 0.686. The van der Waals surface area contributed by atoms with Crippen molar-refractivity contribution in [3.63, 3.8) is 0 Å². The van der Waals surface area contributed by atoms with Crippen LogP contribution in [0.3, 0.4) is 0 Å². The van der Waals surface area contributed by atoms with Crippen LogP contribution in [0.4, 0.5) is 0 Å². The first kappa shape index (κ1) is 10.0. The molecule has 1 rings (SSSR count). The molecule has 2 heteroatoms. The normalized spacial score (nSPS) is 20.0. The molecule has 0 aromatic carbocycles. The fourth-order valence-electron chi connectivity index (χ4n) is 1.35. The number of nitrogens with one attached hydrogen (secondary N) is 1. The summed E-state index contributed by atoms with van der Waals surface area (Å²) in [7, 11) is 2.21. The van der Waals surface area contributed by atoms with Crippen molar-refractivity contribution in [3.8, 4) is 0 Å². The monoisotopic (exact) mass is 170 g/mol. The Bertz CT molecular complexity index is 121. The van der Waals surface area contributed by atoms with E-state index in [1.165, 1.54) is 25.8 Å². The summed E-state index contributed by atoms with van der Waals surface area (Å²) in [5, 5.41) is 3.55. The molecule has 0 aliphatic heterocycles. The molecule has 1 aliphatic carbocycles. The molecule has 0 saturated heterocycles. The molecule has 1 N–H and O–H groups in total. The molecular formula is C10H22N2. The van der Waals surface area contributed by atoms with Crippen LogP contribution in [0.15, 0.2) is 0 Å². The van der Waals surface area contributed by atoms with Crippen molar-refractivity contribution < 1.29 is 0 Å². The second-order valence-electron chi connectivity index (χ2n) is 4.01. The van der Waals surface area contributed by atoms with Crippen molar-refractivity contribution in [2.75, 3.05) is 20.1 Å². The predicted octanol–water partition coefficient (Wildman–Crippen LogP) is 1.47. The van der Waals surface area contributed by atoms with Gasteiger partial charge in [0.05, 0.1) is 0 Å². The molecule has 0 bridgehead atoms. The minimum Gasteiger partial charge on any atom is -0.312 e. The van der Waals surface area contributed by atoms with Crippen LogP contribution in [0.2, 0.25) is 0 Å². The van der Waals surface area contributed by atoms with Crippen molar-refractivity contribution >= 4 is 0 Å². The topological polar surface area (TPSA) is 15.3 Å². The summed E-state index contributed by atoms with van der Waals surface area (Å²) in [5.74, 6) is 0. The van der Waals surface area contributed by atoms with E-state index in [-0.39, 0.29) is 0 Å². The van der Waals surface area contributed by atoms with E-state index in [0.29, 0.717) is 6.04 Å². The van der Waals surface area contributed by atoms with Crippen molar-refractivity contribution in [1.29, 1.82) is 0 Å². The molecule has 1 atom stereocenters. The van der Waals surface area contributed by atoms with Gasteiger partial charge < -0.3 is 10.2 Å². The molecule has 0 aromatic heterocycles. The van der Waals surface area contributed by atoms with Crippen LogP contribution in [0.1, 0.15) is 33.1 Å². The highest BCUT2D eigenvalue weighted by atomic mass is 15.1. The Labute approximate surface area is 76.3 Å². The second kappa shape index (κ2) is 4.83. The lowest BCUT2D eigenvalue weighted by molar-refractivity contribution is 0.251. The molecule has 2 nitrogen and oxygen atoms in total. The largest absolute Gasteiger partial charge is 0.312 e. The highest BCUT2D eigenvalue weighted by Gasteiger charge is 2.21. The summed E-state index contributed by atoms with van der Waals surface area (Å²) >= 11 is 0. The standard InChI is InChI=1S/C10H22N2/c1-4-7-12(3)9(2)8-11-10-5-6-10/h9-11H,4-8H2,1-3H3. The van der Waals surface area contributed by atoms with E-state index in [2.05, 4.69) is 31.1 Å². The van der Waals surface area contributed by atoms with Gasteiger partial charge in [-0.3, -0.25) is 0 Å². The number of rotatable bonds is 6. The summed E-state index contributed by atoms with van der Waals surface area (Å²) in [4.78, 5) is 2.43. The summed E-state index contributed by atoms with van der Waals surface area (Å²) in [6.07, 6.45) is 4.04. The van der Waals surface area contributed by atoms with E-state index in [9.17, 15) is 0 Å². The maximum absolute atomic E-state index is 3.55. The quantitative estimate of drug-likeness (QED) is 0.649. The third kappa shape index (κ3) is 3.55. The third-order valence-electron chi connectivity index (χ3n) is 2.61. The van der Waals surface area contributed by atoms with Gasteiger partial charge in [0.2, 0.25) is 0 Å². The molecule has 0 spiro atoms. The number of likely N-dealkylation sites (N-methyl/N-ethyl adjacent to an activating group) is 1. The van der Waals surface area contributed by atoms with Crippen LogP contribution in [0, 0.1) is 0 Å². The molecule has 0 radical (unpaired) electrons. The zero-order chi connectivity index (χ0) is 8.97. The lowest BCUT2D eigenvalue weighted by Gasteiger charge is -2.24. The lowest BCUT2D eigenvalue weighted by Crippen LogP contribution is -2.38. The molecule has 1 saturated carbocycles. The van der Waals surface area contributed by atoms with Gasteiger partial charge >= 0.3 is 0 Å². The first-order valence-electron chi connectivity index (χ1n) is 5.17. The summed E-state index contributed by atoms with van der Waals surface area (Å²) < 4.78 is 0. The first-order valence-corrected chi connectivity index (χ1v) is 5.17. The first-order chi connectivity index (χ1) is 5.74. The molecule has 1 unspecified atom stereocenters. The van der Waals surface area contributed by atoms with E-state index in [4.69, 9.17) is 0 Å². The summed E-state index contributed by atoms with van der Waals surface area (Å²) in [6.45, 7) is 6.90. The van der Waals surface area contributed by atoms with Crippen LogP contribution >= 0.6 is 0 Å². The summed E-state index contributed by atoms with van der Waals surface area (Å²) in [6, 6.07) is 1.54. The van der Waals surface area contributed by atoms with Crippen molar-refractivity contribution in [2.45, 2.75) is 45.2 Å². The molecule has 0 amide bonds. The van der Waals surface area contributed by atoms with Crippen LogP contribution in [0.5, 0.6) is 0 Å². The van der Waals surface area contributed by atoms with Gasteiger partial charge in [0.15, 0.2) is 0 Å². The molecule has 12 heavy (non-hydrogen) atoms. The highest BCUT2D eigenvalue weighted by molar-refractivity contribution is 4.82. The zero-order valence-corrected chi connectivity index (χ0v) is 8.64. The minimum atomic E-state index is 0.686. The van der Waals surface area contributed by atoms with Gasteiger partial charge in [-0.15, -0.1) is 0 Å². The SMILES string of the molecule is CCCN(C)C(C)CNC1CC1.